The van der Waals surface area contributed by atoms with Gasteiger partial charge in [-0.2, -0.15) is 0 Å². The van der Waals surface area contributed by atoms with E-state index < -0.39 is 17.4 Å². The Labute approximate surface area is 171 Å². The Morgan fingerprint density at radius 3 is 2.45 bits per heavy atom. The van der Waals surface area contributed by atoms with Crippen LogP contribution in [0.3, 0.4) is 0 Å². The maximum Gasteiger partial charge on any atom is 0.343 e. The molecule has 4 rings (SSSR count). The number of halogens is 1. The lowest BCUT2D eigenvalue weighted by molar-refractivity contribution is 0.0732. The van der Waals surface area contributed by atoms with E-state index >= 15 is 0 Å². The van der Waals surface area contributed by atoms with Crippen LogP contribution in [-0.2, 0) is 0 Å². The van der Waals surface area contributed by atoms with Crippen LogP contribution >= 0.6 is 0 Å². The van der Waals surface area contributed by atoms with Crippen LogP contribution in [0.15, 0.2) is 48.5 Å². The molecule has 150 valence electrons. The first-order valence-electron chi connectivity index (χ1n) is 10.4. The Hall–Kier alpha value is -2.80. The molecule has 0 heterocycles. The number of para-hydroxylation sites is 1. The molecule has 2 fully saturated rings. The van der Waals surface area contributed by atoms with Crippen LogP contribution in [-0.4, -0.2) is 11.6 Å². The van der Waals surface area contributed by atoms with Gasteiger partial charge in [0.25, 0.3) is 0 Å². The fourth-order valence-electron chi connectivity index (χ4n) is 4.08. The van der Waals surface area contributed by atoms with Gasteiger partial charge in [-0.25, -0.2) is 9.18 Å². The third-order valence-electron chi connectivity index (χ3n) is 5.70. The summed E-state index contributed by atoms with van der Waals surface area (Å²) in [6, 6.07) is 12.9. The van der Waals surface area contributed by atoms with E-state index in [1.165, 1.54) is 31.0 Å². The number of hydrogen-bond acceptors (Lipinski definition) is 3. The standard InChI is InChI=1S/C25H25FO3/c26-22-13-12-20(24(27)28-21-10-2-1-3-11-21)18-23(22)29-25(15-6-7-16-25)17-14-19-8-4-5-9-19/h1-3,10-13,18-19H,4-9,15-16H2. The predicted octanol–water partition coefficient (Wildman–Crippen LogP) is 5.93. The van der Waals surface area contributed by atoms with E-state index in [0.29, 0.717) is 11.7 Å². The zero-order chi connectivity index (χ0) is 20.1. The second-order valence-corrected chi connectivity index (χ2v) is 7.90. The number of hydrogen-bond donors (Lipinski definition) is 0. The third kappa shape index (κ3) is 4.79. The minimum Gasteiger partial charge on any atom is -0.471 e. The summed E-state index contributed by atoms with van der Waals surface area (Å²) < 4.78 is 26.0. The molecule has 0 amide bonds. The molecule has 0 unspecified atom stereocenters. The maximum absolute atomic E-state index is 14.5. The van der Waals surface area contributed by atoms with Crippen LogP contribution in [0.2, 0.25) is 0 Å². The molecular weight excluding hydrogens is 367 g/mol. The first kappa shape index (κ1) is 19.5. The summed E-state index contributed by atoms with van der Waals surface area (Å²) in [7, 11) is 0. The van der Waals surface area contributed by atoms with Gasteiger partial charge in [-0.15, -0.1) is 0 Å². The molecular formula is C25H25FO3. The largest absolute Gasteiger partial charge is 0.471 e. The molecule has 2 aromatic rings. The summed E-state index contributed by atoms with van der Waals surface area (Å²) in [6.07, 6.45) is 8.32. The van der Waals surface area contributed by atoms with Crippen molar-refractivity contribution in [2.75, 3.05) is 0 Å². The van der Waals surface area contributed by atoms with Crippen molar-refractivity contribution in [3.63, 3.8) is 0 Å². The normalized spacial score (nSPS) is 18.1. The van der Waals surface area contributed by atoms with Gasteiger partial charge in [0.05, 0.1) is 5.56 Å². The summed E-state index contributed by atoms with van der Waals surface area (Å²) in [6.45, 7) is 0. The molecule has 0 aliphatic heterocycles. The highest BCUT2D eigenvalue weighted by molar-refractivity contribution is 5.91. The topological polar surface area (TPSA) is 35.5 Å². The van der Waals surface area contributed by atoms with Gasteiger partial charge in [-0.1, -0.05) is 42.9 Å². The Kier molecular flexibility index (Phi) is 5.85. The van der Waals surface area contributed by atoms with Gasteiger partial charge in [-0.3, -0.25) is 0 Å². The summed E-state index contributed by atoms with van der Waals surface area (Å²) >= 11 is 0. The van der Waals surface area contributed by atoms with Crippen LogP contribution in [0, 0.1) is 23.6 Å². The van der Waals surface area contributed by atoms with Gasteiger partial charge in [0, 0.05) is 5.92 Å². The zero-order valence-corrected chi connectivity index (χ0v) is 16.5. The summed E-state index contributed by atoms with van der Waals surface area (Å²) in [4.78, 5) is 12.5. The Bertz CT molecular complexity index is 914. The molecule has 2 aliphatic rings. The van der Waals surface area contributed by atoms with Crippen molar-refractivity contribution in [2.24, 2.45) is 5.92 Å². The highest BCUT2D eigenvalue weighted by Crippen LogP contribution is 2.36. The average molecular weight is 392 g/mol. The first-order chi connectivity index (χ1) is 14.1. The van der Waals surface area contributed by atoms with Gasteiger partial charge in [-0.05, 0) is 68.9 Å². The predicted molar refractivity (Wildman–Crippen MR) is 109 cm³/mol. The number of ether oxygens (including phenoxy) is 2. The van der Waals surface area contributed by atoms with Crippen LogP contribution in [0.1, 0.15) is 61.7 Å². The Balaban J connectivity index is 1.54. The van der Waals surface area contributed by atoms with E-state index in [1.54, 1.807) is 24.3 Å². The molecule has 0 atom stereocenters. The van der Waals surface area contributed by atoms with Gasteiger partial charge >= 0.3 is 5.97 Å². The highest BCUT2D eigenvalue weighted by atomic mass is 19.1. The third-order valence-corrected chi connectivity index (χ3v) is 5.70. The van der Waals surface area contributed by atoms with E-state index in [1.807, 2.05) is 6.07 Å². The van der Waals surface area contributed by atoms with Crippen molar-refractivity contribution in [2.45, 2.75) is 57.0 Å². The van der Waals surface area contributed by atoms with Crippen LogP contribution in [0.25, 0.3) is 0 Å². The van der Waals surface area contributed by atoms with Crippen molar-refractivity contribution in [1.82, 2.24) is 0 Å². The fraction of sp³-hybridized carbons (Fsp3) is 0.400. The van der Waals surface area contributed by atoms with Crippen LogP contribution in [0.4, 0.5) is 4.39 Å². The smallest absolute Gasteiger partial charge is 0.343 e. The molecule has 29 heavy (non-hydrogen) atoms. The Morgan fingerprint density at radius 1 is 1.00 bits per heavy atom. The van der Waals surface area contributed by atoms with E-state index in [0.717, 1.165) is 38.5 Å². The molecule has 0 radical (unpaired) electrons. The monoisotopic (exact) mass is 392 g/mol. The van der Waals surface area contributed by atoms with E-state index in [4.69, 9.17) is 9.47 Å². The van der Waals surface area contributed by atoms with Crippen molar-refractivity contribution in [3.05, 3.63) is 59.9 Å². The average Bonchev–Trinajstić information content (AvgIpc) is 3.41. The molecule has 0 spiro atoms. The number of rotatable bonds is 4. The number of benzene rings is 2. The van der Waals surface area contributed by atoms with Crippen molar-refractivity contribution in [1.29, 1.82) is 0 Å². The van der Waals surface area contributed by atoms with Crippen LogP contribution < -0.4 is 9.47 Å². The van der Waals surface area contributed by atoms with Crippen molar-refractivity contribution >= 4 is 5.97 Å². The van der Waals surface area contributed by atoms with Gasteiger partial charge < -0.3 is 9.47 Å². The first-order valence-corrected chi connectivity index (χ1v) is 10.4. The lowest BCUT2D eigenvalue weighted by Gasteiger charge is -2.25. The van der Waals surface area contributed by atoms with Gasteiger partial charge in [0.15, 0.2) is 17.2 Å². The molecule has 2 aromatic carbocycles. The Morgan fingerprint density at radius 2 is 1.72 bits per heavy atom. The second kappa shape index (κ2) is 8.69. The van der Waals surface area contributed by atoms with Gasteiger partial charge in [0.2, 0.25) is 0 Å². The van der Waals surface area contributed by atoms with Gasteiger partial charge in [0.1, 0.15) is 5.75 Å². The van der Waals surface area contributed by atoms with Crippen LogP contribution in [0.5, 0.6) is 11.5 Å². The molecule has 0 aromatic heterocycles. The summed E-state index contributed by atoms with van der Waals surface area (Å²) in [5.74, 6) is 6.63. The molecule has 2 saturated carbocycles. The van der Waals surface area contributed by atoms with E-state index in [-0.39, 0.29) is 11.3 Å². The number of esters is 1. The highest BCUT2D eigenvalue weighted by Gasteiger charge is 2.35. The lowest BCUT2D eigenvalue weighted by Crippen LogP contribution is -2.31. The summed E-state index contributed by atoms with van der Waals surface area (Å²) in [5.41, 5.74) is -0.409. The minimum atomic E-state index is -0.661. The molecule has 3 nitrogen and oxygen atoms in total. The minimum absolute atomic E-state index is 0.0649. The molecule has 0 bridgehead atoms. The number of carbonyl (C=O) groups is 1. The number of carbonyl (C=O) groups excluding carboxylic acids is 1. The second-order valence-electron chi connectivity index (χ2n) is 7.90. The molecule has 0 N–H and O–H groups in total. The quantitative estimate of drug-likeness (QED) is 0.367. The molecule has 2 aliphatic carbocycles. The lowest BCUT2D eigenvalue weighted by atomic mass is 10.00. The van der Waals surface area contributed by atoms with Crippen molar-refractivity contribution < 1.29 is 18.7 Å². The fourth-order valence-corrected chi connectivity index (χ4v) is 4.08. The summed E-state index contributed by atoms with van der Waals surface area (Å²) in [5, 5.41) is 0. The van der Waals surface area contributed by atoms with E-state index in [9.17, 15) is 9.18 Å². The molecule has 0 saturated heterocycles. The van der Waals surface area contributed by atoms with Crippen molar-refractivity contribution in [3.8, 4) is 23.3 Å². The maximum atomic E-state index is 14.5. The molecule has 4 heteroatoms. The SMILES string of the molecule is O=C(Oc1ccccc1)c1ccc(F)c(OC2(C#CC3CCCC3)CCCC2)c1. The van der Waals surface area contributed by atoms with E-state index in [2.05, 4.69) is 11.8 Å². The zero-order valence-electron chi connectivity index (χ0n) is 16.5.